The monoisotopic (exact) mass is 467 g/mol. The van der Waals surface area contributed by atoms with Gasteiger partial charge >= 0.3 is 0 Å². The summed E-state index contributed by atoms with van der Waals surface area (Å²) in [6.07, 6.45) is 7.51. The van der Waals surface area contributed by atoms with E-state index in [9.17, 15) is 4.79 Å². The average Bonchev–Trinajstić information content (AvgIpc) is 3.24. The number of rotatable bonds is 7. The average molecular weight is 468 g/mol. The Morgan fingerprint density at radius 3 is 2.56 bits per heavy atom. The van der Waals surface area contributed by atoms with Crippen molar-refractivity contribution in [2.45, 2.75) is 50.2 Å². The normalized spacial score (nSPS) is 14.7. The van der Waals surface area contributed by atoms with Crippen LogP contribution in [0.5, 0.6) is 0 Å². The molecule has 2 aromatic carbocycles. The fourth-order valence-electron chi connectivity index (χ4n) is 3.83. The van der Waals surface area contributed by atoms with Crippen LogP contribution in [-0.2, 0) is 4.79 Å². The molecule has 0 saturated heterocycles. The molecule has 1 aliphatic rings. The fraction of sp³-hybridized carbons (Fsp3) is 0.333. The number of nitrogens with one attached hydrogen (secondary N) is 1. The van der Waals surface area contributed by atoms with E-state index >= 15 is 0 Å². The highest BCUT2D eigenvalue weighted by Crippen LogP contribution is 2.35. The van der Waals surface area contributed by atoms with Gasteiger partial charge in [0.2, 0.25) is 0 Å². The van der Waals surface area contributed by atoms with E-state index in [0.29, 0.717) is 11.1 Å². The Bertz CT molecular complexity index is 1070. The van der Waals surface area contributed by atoms with Gasteiger partial charge in [-0.2, -0.15) is 5.10 Å². The van der Waals surface area contributed by atoms with Crippen LogP contribution in [0.15, 0.2) is 58.8 Å². The quantitative estimate of drug-likeness (QED) is 0.276. The lowest BCUT2D eigenvalue weighted by Crippen LogP contribution is -2.20. The zero-order valence-electron chi connectivity index (χ0n) is 18.0. The van der Waals surface area contributed by atoms with E-state index in [0.717, 1.165) is 34.9 Å². The highest BCUT2D eigenvalue weighted by molar-refractivity contribution is 7.99. The van der Waals surface area contributed by atoms with E-state index in [1.54, 1.807) is 18.3 Å². The van der Waals surface area contributed by atoms with E-state index in [1.807, 2.05) is 12.1 Å². The predicted octanol–water partition coefficient (Wildman–Crippen LogP) is 5.65. The molecule has 4 rings (SSSR count). The van der Waals surface area contributed by atoms with Crippen molar-refractivity contribution in [3.8, 4) is 11.4 Å². The summed E-state index contributed by atoms with van der Waals surface area (Å²) < 4.78 is 2.23. The summed E-state index contributed by atoms with van der Waals surface area (Å²) in [5.74, 6) is 0.910. The third-order valence-corrected chi connectivity index (χ3v) is 6.71. The van der Waals surface area contributed by atoms with Gasteiger partial charge in [-0.1, -0.05) is 84.6 Å². The minimum atomic E-state index is -0.185. The zero-order chi connectivity index (χ0) is 22.3. The number of aromatic nitrogens is 3. The van der Waals surface area contributed by atoms with Gasteiger partial charge in [0.15, 0.2) is 11.0 Å². The molecule has 1 amide bonds. The number of benzene rings is 2. The molecule has 0 aliphatic heterocycles. The second-order valence-electron chi connectivity index (χ2n) is 7.97. The maximum absolute atomic E-state index is 12.3. The van der Waals surface area contributed by atoms with Crippen LogP contribution in [0, 0.1) is 6.92 Å². The lowest BCUT2D eigenvalue weighted by atomic mass is 9.95. The van der Waals surface area contributed by atoms with Gasteiger partial charge in [0, 0.05) is 16.6 Å². The summed E-state index contributed by atoms with van der Waals surface area (Å²) in [7, 11) is 0. The minimum absolute atomic E-state index is 0.185. The molecule has 3 aromatic rings. The van der Waals surface area contributed by atoms with Crippen LogP contribution in [0.2, 0.25) is 5.02 Å². The number of aryl methyl sites for hydroxylation is 1. The summed E-state index contributed by atoms with van der Waals surface area (Å²) in [6, 6.07) is 16.0. The molecule has 6 nitrogen and oxygen atoms in total. The molecule has 0 radical (unpaired) electrons. The summed E-state index contributed by atoms with van der Waals surface area (Å²) in [4.78, 5) is 12.3. The van der Waals surface area contributed by atoms with E-state index in [-0.39, 0.29) is 11.7 Å². The van der Waals surface area contributed by atoms with Crippen LogP contribution in [0.1, 0.15) is 49.3 Å². The van der Waals surface area contributed by atoms with Crippen molar-refractivity contribution in [1.29, 1.82) is 0 Å². The first-order valence-corrected chi connectivity index (χ1v) is 12.2. The molecule has 0 atom stereocenters. The van der Waals surface area contributed by atoms with Crippen LogP contribution in [0.3, 0.4) is 0 Å². The fourth-order valence-corrected chi connectivity index (χ4v) is 4.76. The van der Waals surface area contributed by atoms with Crippen molar-refractivity contribution in [2.75, 3.05) is 5.75 Å². The molecule has 8 heteroatoms. The van der Waals surface area contributed by atoms with Crippen LogP contribution < -0.4 is 5.43 Å². The molecule has 1 N–H and O–H groups in total. The first kappa shape index (κ1) is 22.6. The minimum Gasteiger partial charge on any atom is -0.299 e. The van der Waals surface area contributed by atoms with Crippen molar-refractivity contribution in [3.05, 3.63) is 64.7 Å². The van der Waals surface area contributed by atoms with Gasteiger partial charge in [0.1, 0.15) is 0 Å². The maximum atomic E-state index is 12.3. The van der Waals surface area contributed by atoms with Crippen molar-refractivity contribution in [2.24, 2.45) is 5.10 Å². The Labute approximate surface area is 197 Å². The van der Waals surface area contributed by atoms with E-state index in [1.165, 1.54) is 36.6 Å². The molecular formula is C24H26ClN5OS. The largest absolute Gasteiger partial charge is 0.299 e. The molecular weight excluding hydrogens is 442 g/mol. The number of hydrogen-bond acceptors (Lipinski definition) is 5. The third kappa shape index (κ3) is 5.78. The first-order valence-electron chi connectivity index (χ1n) is 10.8. The van der Waals surface area contributed by atoms with E-state index < -0.39 is 0 Å². The number of nitrogens with zero attached hydrogens (tertiary/aromatic N) is 4. The predicted molar refractivity (Wildman–Crippen MR) is 130 cm³/mol. The number of carbonyl (C=O) groups excluding carboxylic acids is 1. The molecule has 0 unspecified atom stereocenters. The van der Waals surface area contributed by atoms with Crippen LogP contribution >= 0.6 is 23.4 Å². The SMILES string of the molecule is Cc1ccc(-c2nnc(SCC(=O)N/N=C/c3ccc(Cl)cc3)n2C2CCCCC2)cc1. The van der Waals surface area contributed by atoms with Crippen molar-refractivity contribution in [3.63, 3.8) is 0 Å². The lowest BCUT2D eigenvalue weighted by Gasteiger charge is -2.25. The summed E-state index contributed by atoms with van der Waals surface area (Å²) in [6.45, 7) is 2.07. The van der Waals surface area contributed by atoms with Gasteiger partial charge in [-0.05, 0) is 37.5 Å². The molecule has 1 aliphatic carbocycles. The van der Waals surface area contributed by atoms with Gasteiger partial charge in [0.05, 0.1) is 12.0 Å². The Morgan fingerprint density at radius 1 is 1.12 bits per heavy atom. The van der Waals surface area contributed by atoms with Gasteiger partial charge in [-0.15, -0.1) is 10.2 Å². The summed E-state index contributed by atoms with van der Waals surface area (Å²) in [5, 5.41) is 14.4. The number of hydrogen-bond donors (Lipinski definition) is 1. The molecule has 1 heterocycles. The Morgan fingerprint density at radius 2 is 1.84 bits per heavy atom. The van der Waals surface area contributed by atoms with Crippen molar-refractivity contribution < 1.29 is 4.79 Å². The number of thioether (sulfide) groups is 1. The topological polar surface area (TPSA) is 72.2 Å². The highest BCUT2D eigenvalue weighted by atomic mass is 35.5. The van der Waals surface area contributed by atoms with Crippen molar-refractivity contribution in [1.82, 2.24) is 20.2 Å². The molecule has 32 heavy (non-hydrogen) atoms. The second-order valence-corrected chi connectivity index (χ2v) is 9.35. The molecule has 1 saturated carbocycles. The summed E-state index contributed by atoms with van der Waals surface area (Å²) >= 11 is 7.28. The van der Waals surface area contributed by atoms with Gasteiger partial charge in [0.25, 0.3) is 5.91 Å². The van der Waals surface area contributed by atoms with Crippen molar-refractivity contribution >= 4 is 35.5 Å². The number of carbonyl (C=O) groups is 1. The molecule has 0 spiro atoms. The Kier molecular flexibility index (Phi) is 7.60. The Hall–Kier alpha value is -2.64. The number of amides is 1. The van der Waals surface area contributed by atoms with Gasteiger partial charge in [-0.3, -0.25) is 9.36 Å². The lowest BCUT2D eigenvalue weighted by molar-refractivity contribution is -0.118. The maximum Gasteiger partial charge on any atom is 0.250 e. The highest BCUT2D eigenvalue weighted by Gasteiger charge is 2.24. The number of hydrazone groups is 1. The van der Waals surface area contributed by atoms with Crippen LogP contribution in [-0.4, -0.2) is 32.6 Å². The van der Waals surface area contributed by atoms with E-state index in [4.69, 9.17) is 11.6 Å². The van der Waals surface area contributed by atoms with E-state index in [2.05, 4.69) is 56.5 Å². The smallest absolute Gasteiger partial charge is 0.250 e. The third-order valence-electron chi connectivity index (χ3n) is 5.52. The Balaban J connectivity index is 1.44. The van der Waals surface area contributed by atoms with Crippen LogP contribution in [0.4, 0.5) is 0 Å². The number of halogens is 1. The van der Waals surface area contributed by atoms with Crippen LogP contribution in [0.25, 0.3) is 11.4 Å². The standard InChI is InChI=1S/C24H26ClN5OS/c1-17-7-11-19(12-8-17)23-28-29-24(30(23)21-5-3-2-4-6-21)32-16-22(31)27-26-15-18-9-13-20(25)14-10-18/h7-15,21H,2-6,16H2,1H3,(H,27,31)/b26-15+. The molecule has 1 aromatic heterocycles. The molecule has 1 fully saturated rings. The first-order chi connectivity index (χ1) is 15.6. The second kappa shape index (κ2) is 10.8. The van der Waals surface area contributed by atoms with Gasteiger partial charge in [-0.25, -0.2) is 5.43 Å². The zero-order valence-corrected chi connectivity index (χ0v) is 19.6. The van der Waals surface area contributed by atoms with Gasteiger partial charge < -0.3 is 0 Å². The molecule has 0 bridgehead atoms. The summed E-state index contributed by atoms with van der Waals surface area (Å²) in [5.41, 5.74) is 5.71. The molecule has 166 valence electrons.